The number of piperidine rings is 1. The van der Waals surface area contributed by atoms with Crippen LogP contribution < -0.4 is 5.32 Å². The van der Waals surface area contributed by atoms with Crippen molar-refractivity contribution in [2.75, 3.05) is 19.6 Å². The van der Waals surface area contributed by atoms with Crippen molar-refractivity contribution in [3.05, 3.63) is 102 Å². The molecule has 36 heavy (non-hydrogen) atoms. The second-order valence-electron chi connectivity index (χ2n) is 9.91. The van der Waals surface area contributed by atoms with Crippen LogP contribution >= 0.6 is 0 Å². The van der Waals surface area contributed by atoms with Crippen molar-refractivity contribution in [1.82, 2.24) is 14.8 Å². The van der Waals surface area contributed by atoms with Gasteiger partial charge in [-0.25, -0.2) is 0 Å². The van der Waals surface area contributed by atoms with E-state index < -0.39 is 6.04 Å². The summed E-state index contributed by atoms with van der Waals surface area (Å²) in [6.45, 7) is 4.84. The SMILES string of the molecule is CC(C(=O)NC1CCN(CCC(c2ccccc2)c2ccccc2)CC1)n1cc2ccccc2c1O. The fraction of sp³-hybridized carbons (Fsp3) is 0.323. The van der Waals surface area contributed by atoms with Crippen molar-refractivity contribution < 1.29 is 9.90 Å². The van der Waals surface area contributed by atoms with Gasteiger partial charge in [0.05, 0.1) is 0 Å². The first kappa shape index (κ1) is 24.1. The molecule has 5 nitrogen and oxygen atoms in total. The first-order chi connectivity index (χ1) is 17.6. The Morgan fingerprint density at radius 1 is 0.917 bits per heavy atom. The first-order valence-corrected chi connectivity index (χ1v) is 13.0. The highest BCUT2D eigenvalue weighted by molar-refractivity contribution is 5.89. The summed E-state index contributed by atoms with van der Waals surface area (Å²) in [5.41, 5.74) is 2.72. The summed E-state index contributed by atoms with van der Waals surface area (Å²) >= 11 is 0. The van der Waals surface area contributed by atoms with E-state index in [1.54, 1.807) is 4.57 Å². The summed E-state index contributed by atoms with van der Waals surface area (Å²) < 4.78 is 1.67. The van der Waals surface area contributed by atoms with Crippen LogP contribution in [-0.2, 0) is 4.79 Å². The molecule has 2 N–H and O–H groups in total. The number of carbonyl (C=O) groups excluding carboxylic acids is 1. The van der Waals surface area contributed by atoms with Crippen LogP contribution in [0, 0.1) is 0 Å². The van der Waals surface area contributed by atoms with Gasteiger partial charge in [0.15, 0.2) is 5.88 Å². The van der Waals surface area contributed by atoms with E-state index in [0.29, 0.717) is 5.92 Å². The zero-order chi connectivity index (χ0) is 24.9. The fourth-order valence-electron chi connectivity index (χ4n) is 5.42. The number of carbonyl (C=O) groups is 1. The molecule has 186 valence electrons. The van der Waals surface area contributed by atoms with Crippen LogP contribution in [-0.4, -0.2) is 46.2 Å². The van der Waals surface area contributed by atoms with Gasteiger partial charge >= 0.3 is 0 Å². The molecule has 0 bridgehead atoms. The molecule has 1 amide bonds. The van der Waals surface area contributed by atoms with Crippen molar-refractivity contribution in [3.8, 4) is 5.88 Å². The molecule has 0 aliphatic carbocycles. The van der Waals surface area contributed by atoms with E-state index in [2.05, 4.69) is 70.9 Å². The molecule has 1 fully saturated rings. The van der Waals surface area contributed by atoms with Gasteiger partial charge in [-0.1, -0.05) is 78.9 Å². The number of hydrogen-bond donors (Lipinski definition) is 2. The van der Waals surface area contributed by atoms with E-state index in [1.165, 1.54) is 11.1 Å². The van der Waals surface area contributed by atoms with Crippen LogP contribution in [0.25, 0.3) is 10.8 Å². The standard InChI is InChI=1S/C31H35N3O2/c1-23(34-22-26-14-8-9-15-29(26)31(34)36)30(35)32-27-16-19-33(20-17-27)21-18-28(24-10-4-2-5-11-24)25-12-6-3-7-13-25/h2-15,22-23,27-28,36H,16-21H2,1H3,(H,32,35). The minimum absolute atomic E-state index is 0.0442. The molecule has 0 radical (unpaired) electrons. The van der Waals surface area contributed by atoms with Crippen molar-refractivity contribution in [1.29, 1.82) is 0 Å². The van der Waals surface area contributed by atoms with Crippen LogP contribution in [0.4, 0.5) is 0 Å². The van der Waals surface area contributed by atoms with E-state index in [0.717, 1.165) is 49.7 Å². The highest BCUT2D eigenvalue weighted by Gasteiger charge is 2.25. The second-order valence-corrected chi connectivity index (χ2v) is 9.91. The maximum atomic E-state index is 13.0. The quantitative estimate of drug-likeness (QED) is 0.339. The number of aromatic nitrogens is 1. The molecule has 4 aromatic rings. The Labute approximate surface area is 213 Å². The predicted molar refractivity (Wildman–Crippen MR) is 145 cm³/mol. The Morgan fingerprint density at radius 2 is 1.50 bits per heavy atom. The molecule has 3 aromatic carbocycles. The lowest BCUT2D eigenvalue weighted by atomic mass is 9.88. The second kappa shape index (κ2) is 11.0. The minimum atomic E-state index is -0.465. The van der Waals surface area contributed by atoms with Crippen molar-refractivity contribution in [2.45, 2.75) is 44.2 Å². The number of likely N-dealkylation sites (tertiary alicyclic amines) is 1. The van der Waals surface area contributed by atoms with Crippen LogP contribution in [0.5, 0.6) is 5.88 Å². The molecule has 1 aromatic heterocycles. The van der Waals surface area contributed by atoms with Crippen LogP contribution in [0.2, 0.25) is 0 Å². The van der Waals surface area contributed by atoms with Gasteiger partial charge in [-0.15, -0.1) is 0 Å². The average molecular weight is 482 g/mol. The molecule has 1 aliphatic rings. The van der Waals surface area contributed by atoms with E-state index >= 15 is 0 Å². The smallest absolute Gasteiger partial charge is 0.243 e. The number of nitrogens with zero attached hydrogens (tertiary/aromatic N) is 2. The normalized spacial score (nSPS) is 15.8. The number of amides is 1. The molecule has 0 spiro atoms. The predicted octanol–water partition coefficient (Wildman–Crippen LogP) is 5.71. The number of aromatic hydroxyl groups is 1. The minimum Gasteiger partial charge on any atom is -0.494 e. The van der Waals surface area contributed by atoms with E-state index in [1.807, 2.05) is 37.4 Å². The van der Waals surface area contributed by atoms with Crippen molar-refractivity contribution in [3.63, 3.8) is 0 Å². The maximum absolute atomic E-state index is 13.0. The Kier molecular flexibility index (Phi) is 7.38. The molecule has 5 heteroatoms. The zero-order valence-electron chi connectivity index (χ0n) is 20.9. The molecule has 1 unspecified atom stereocenters. The zero-order valence-corrected chi connectivity index (χ0v) is 20.9. The third-order valence-corrected chi connectivity index (χ3v) is 7.59. The number of benzene rings is 3. The number of fused-ring (bicyclic) bond motifs is 1. The topological polar surface area (TPSA) is 57.5 Å². The van der Waals surface area contributed by atoms with Crippen molar-refractivity contribution in [2.24, 2.45) is 0 Å². The lowest BCUT2D eigenvalue weighted by molar-refractivity contribution is -0.125. The largest absolute Gasteiger partial charge is 0.494 e. The van der Waals surface area contributed by atoms with Crippen LogP contribution in [0.15, 0.2) is 91.1 Å². The summed E-state index contributed by atoms with van der Waals surface area (Å²) in [6, 6.07) is 28.9. The Morgan fingerprint density at radius 3 is 2.11 bits per heavy atom. The van der Waals surface area contributed by atoms with Gasteiger partial charge in [0.2, 0.25) is 5.91 Å². The Bertz CT molecular complexity index is 1240. The van der Waals surface area contributed by atoms with Gasteiger partial charge in [-0.05, 0) is 49.9 Å². The Balaban J connectivity index is 1.15. The monoisotopic (exact) mass is 481 g/mol. The number of nitrogens with one attached hydrogen (secondary N) is 1. The van der Waals surface area contributed by atoms with Gasteiger partial charge in [-0.3, -0.25) is 4.79 Å². The summed E-state index contributed by atoms with van der Waals surface area (Å²) in [7, 11) is 0. The Hall–Kier alpha value is -3.57. The maximum Gasteiger partial charge on any atom is 0.243 e. The summed E-state index contributed by atoms with van der Waals surface area (Å²) in [6.07, 6.45) is 4.81. The highest BCUT2D eigenvalue weighted by Crippen LogP contribution is 2.31. The average Bonchev–Trinajstić information content (AvgIpc) is 3.27. The van der Waals surface area contributed by atoms with Gasteiger partial charge < -0.3 is 19.9 Å². The third-order valence-electron chi connectivity index (χ3n) is 7.59. The molecule has 1 saturated heterocycles. The summed E-state index contributed by atoms with van der Waals surface area (Å²) in [5.74, 6) is 0.488. The van der Waals surface area contributed by atoms with Crippen molar-refractivity contribution >= 4 is 16.7 Å². The molecule has 1 aliphatic heterocycles. The summed E-state index contributed by atoms with van der Waals surface area (Å²) in [5, 5.41) is 15.5. The first-order valence-electron chi connectivity index (χ1n) is 13.0. The van der Waals surface area contributed by atoms with Gasteiger partial charge in [0, 0.05) is 42.0 Å². The fourth-order valence-corrected chi connectivity index (χ4v) is 5.42. The molecule has 0 saturated carbocycles. The third kappa shape index (κ3) is 5.31. The van der Waals surface area contributed by atoms with Gasteiger partial charge in [0.1, 0.15) is 6.04 Å². The molecule has 5 rings (SSSR count). The van der Waals surface area contributed by atoms with Gasteiger partial charge in [0.25, 0.3) is 0 Å². The molecular weight excluding hydrogens is 446 g/mol. The van der Waals surface area contributed by atoms with E-state index in [-0.39, 0.29) is 17.8 Å². The lowest BCUT2D eigenvalue weighted by Gasteiger charge is -2.34. The molecule has 2 heterocycles. The van der Waals surface area contributed by atoms with E-state index in [4.69, 9.17) is 0 Å². The van der Waals surface area contributed by atoms with Crippen LogP contribution in [0.1, 0.15) is 49.3 Å². The molecule has 1 atom stereocenters. The van der Waals surface area contributed by atoms with Crippen LogP contribution in [0.3, 0.4) is 0 Å². The number of rotatable bonds is 8. The highest BCUT2D eigenvalue weighted by atomic mass is 16.3. The lowest BCUT2D eigenvalue weighted by Crippen LogP contribution is -2.46. The molecular formula is C31H35N3O2. The van der Waals surface area contributed by atoms with Gasteiger partial charge in [-0.2, -0.15) is 0 Å². The van der Waals surface area contributed by atoms with E-state index in [9.17, 15) is 9.90 Å². The summed E-state index contributed by atoms with van der Waals surface area (Å²) in [4.78, 5) is 15.5. The number of hydrogen-bond acceptors (Lipinski definition) is 3.